The van der Waals surface area contributed by atoms with Gasteiger partial charge in [0.1, 0.15) is 0 Å². The molecule has 0 bridgehead atoms. The molecule has 0 aliphatic rings. The minimum Gasteiger partial charge on any atom is -0.396 e. The molecule has 0 atom stereocenters. The van der Waals surface area contributed by atoms with E-state index in [4.69, 9.17) is 5.11 Å². The quantitative estimate of drug-likeness (QED) is 0.681. The fourth-order valence-corrected chi connectivity index (χ4v) is 3.43. The summed E-state index contributed by atoms with van der Waals surface area (Å²) in [6.07, 6.45) is 0. The Morgan fingerprint density at radius 1 is 1.17 bits per heavy atom. The number of hydrogen-bond donors (Lipinski definition) is 2. The number of amides is 1. The number of thioether (sulfide) groups is 1. The first kappa shape index (κ1) is 15.9. The number of aliphatic hydroxyl groups excluding tert-OH is 1. The van der Waals surface area contributed by atoms with Crippen molar-refractivity contribution in [2.45, 2.75) is 13.5 Å². The van der Waals surface area contributed by atoms with E-state index in [2.05, 4.69) is 41.1 Å². The topological polar surface area (TPSA) is 54.3 Å². The highest BCUT2D eigenvalue weighted by molar-refractivity contribution is 7.99. The van der Waals surface area contributed by atoms with Crippen LogP contribution in [0.15, 0.2) is 42.5 Å². The van der Waals surface area contributed by atoms with Crippen molar-refractivity contribution in [3.8, 4) is 0 Å². The number of para-hydroxylation sites is 1. The first-order valence-corrected chi connectivity index (χ1v) is 8.89. The van der Waals surface area contributed by atoms with Crippen LogP contribution in [0.25, 0.3) is 21.8 Å². The molecule has 0 saturated carbocycles. The van der Waals surface area contributed by atoms with Gasteiger partial charge in [-0.3, -0.25) is 4.79 Å². The lowest BCUT2D eigenvalue weighted by Crippen LogP contribution is -2.14. The molecule has 1 aromatic heterocycles. The van der Waals surface area contributed by atoms with Gasteiger partial charge in [0.25, 0.3) is 0 Å². The van der Waals surface area contributed by atoms with E-state index in [1.807, 2.05) is 18.2 Å². The Labute approximate surface area is 139 Å². The Morgan fingerprint density at radius 2 is 1.96 bits per heavy atom. The van der Waals surface area contributed by atoms with Gasteiger partial charge in [0, 0.05) is 39.8 Å². The van der Waals surface area contributed by atoms with E-state index in [0.717, 1.165) is 17.6 Å². The summed E-state index contributed by atoms with van der Waals surface area (Å²) in [5.41, 5.74) is 3.21. The Kier molecular flexibility index (Phi) is 4.88. The van der Waals surface area contributed by atoms with Gasteiger partial charge in [0.2, 0.25) is 5.91 Å². The van der Waals surface area contributed by atoms with Gasteiger partial charge in [0.05, 0.1) is 12.4 Å². The van der Waals surface area contributed by atoms with Crippen LogP contribution in [0.2, 0.25) is 0 Å². The van der Waals surface area contributed by atoms with Crippen LogP contribution in [0.5, 0.6) is 0 Å². The lowest BCUT2D eigenvalue weighted by Gasteiger charge is -2.06. The van der Waals surface area contributed by atoms with Crippen molar-refractivity contribution in [3.63, 3.8) is 0 Å². The van der Waals surface area contributed by atoms with E-state index < -0.39 is 0 Å². The second kappa shape index (κ2) is 7.06. The summed E-state index contributed by atoms with van der Waals surface area (Å²) in [6, 6.07) is 14.4. The molecule has 3 rings (SSSR count). The van der Waals surface area contributed by atoms with Crippen LogP contribution in [0.3, 0.4) is 0 Å². The van der Waals surface area contributed by atoms with Gasteiger partial charge in [-0.05, 0) is 31.2 Å². The molecule has 0 aliphatic carbocycles. The molecular weight excluding hydrogens is 308 g/mol. The predicted molar refractivity (Wildman–Crippen MR) is 98.2 cm³/mol. The monoisotopic (exact) mass is 328 g/mol. The van der Waals surface area contributed by atoms with E-state index in [0.29, 0.717) is 11.5 Å². The summed E-state index contributed by atoms with van der Waals surface area (Å²) in [5.74, 6) is 0.896. The Morgan fingerprint density at radius 3 is 2.74 bits per heavy atom. The first-order valence-electron chi connectivity index (χ1n) is 7.74. The number of nitrogens with one attached hydrogen (secondary N) is 1. The number of hydrogen-bond acceptors (Lipinski definition) is 3. The van der Waals surface area contributed by atoms with Crippen LogP contribution in [-0.2, 0) is 11.3 Å². The molecule has 3 aromatic rings. The number of nitrogens with zero attached hydrogens (tertiary/aromatic N) is 1. The van der Waals surface area contributed by atoms with E-state index in [-0.39, 0.29) is 12.5 Å². The minimum atomic E-state index is -0.0398. The molecule has 2 aromatic carbocycles. The summed E-state index contributed by atoms with van der Waals surface area (Å²) >= 11 is 1.43. The minimum absolute atomic E-state index is 0.0398. The summed E-state index contributed by atoms with van der Waals surface area (Å²) in [6.45, 7) is 3.15. The third kappa shape index (κ3) is 3.21. The van der Waals surface area contributed by atoms with Gasteiger partial charge in [-0.15, -0.1) is 11.8 Å². The maximum Gasteiger partial charge on any atom is 0.234 e. The lowest BCUT2D eigenvalue weighted by molar-refractivity contribution is -0.113. The van der Waals surface area contributed by atoms with E-state index in [9.17, 15) is 4.79 Å². The summed E-state index contributed by atoms with van der Waals surface area (Å²) in [5, 5.41) is 14.1. The zero-order chi connectivity index (χ0) is 16.2. The summed E-state index contributed by atoms with van der Waals surface area (Å²) < 4.78 is 2.29. The van der Waals surface area contributed by atoms with Gasteiger partial charge in [0.15, 0.2) is 0 Å². The molecule has 4 nitrogen and oxygen atoms in total. The van der Waals surface area contributed by atoms with Crippen molar-refractivity contribution < 1.29 is 9.90 Å². The number of carbonyl (C=O) groups excluding carboxylic acids is 1. The van der Waals surface area contributed by atoms with Crippen molar-refractivity contribution in [1.82, 2.24) is 4.57 Å². The molecule has 0 aliphatic heterocycles. The van der Waals surface area contributed by atoms with Crippen molar-refractivity contribution in [2.24, 2.45) is 0 Å². The highest BCUT2D eigenvalue weighted by atomic mass is 32.2. The average molecular weight is 328 g/mol. The molecule has 0 radical (unpaired) electrons. The number of aliphatic hydroxyl groups is 1. The van der Waals surface area contributed by atoms with Crippen LogP contribution in [0.1, 0.15) is 6.92 Å². The summed E-state index contributed by atoms with van der Waals surface area (Å²) in [7, 11) is 0. The molecule has 0 spiro atoms. The molecule has 0 saturated heterocycles. The van der Waals surface area contributed by atoms with Crippen LogP contribution >= 0.6 is 11.8 Å². The largest absolute Gasteiger partial charge is 0.396 e. The molecule has 5 heteroatoms. The lowest BCUT2D eigenvalue weighted by atomic mass is 10.1. The Bertz CT molecular complexity index is 842. The van der Waals surface area contributed by atoms with E-state index in [1.54, 1.807) is 0 Å². The SMILES string of the molecule is CCn1c2ccccc2c2cc(NC(=O)CSCCO)ccc21. The number of aryl methyl sites for hydroxylation is 1. The Hall–Kier alpha value is -1.98. The van der Waals surface area contributed by atoms with Crippen molar-refractivity contribution >= 4 is 45.2 Å². The zero-order valence-corrected chi connectivity index (χ0v) is 13.9. The smallest absolute Gasteiger partial charge is 0.234 e. The normalized spacial score (nSPS) is 11.2. The van der Waals surface area contributed by atoms with Crippen LogP contribution in [-0.4, -0.2) is 33.7 Å². The van der Waals surface area contributed by atoms with Crippen LogP contribution < -0.4 is 5.32 Å². The number of carbonyl (C=O) groups is 1. The van der Waals surface area contributed by atoms with Crippen molar-refractivity contribution in [2.75, 3.05) is 23.4 Å². The number of anilines is 1. The second-order valence-electron chi connectivity index (χ2n) is 5.32. The molecule has 2 N–H and O–H groups in total. The van der Waals surface area contributed by atoms with Crippen molar-refractivity contribution in [1.29, 1.82) is 0 Å². The average Bonchev–Trinajstić information content (AvgIpc) is 2.88. The van der Waals surface area contributed by atoms with Gasteiger partial charge in [-0.1, -0.05) is 18.2 Å². The number of fused-ring (bicyclic) bond motifs is 3. The maximum atomic E-state index is 11.9. The number of benzene rings is 2. The van der Waals surface area contributed by atoms with E-state index in [1.165, 1.54) is 28.2 Å². The summed E-state index contributed by atoms with van der Waals surface area (Å²) in [4.78, 5) is 11.9. The first-order chi connectivity index (χ1) is 11.2. The van der Waals surface area contributed by atoms with Crippen LogP contribution in [0.4, 0.5) is 5.69 Å². The van der Waals surface area contributed by atoms with Crippen LogP contribution in [0, 0.1) is 0 Å². The molecule has 1 heterocycles. The van der Waals surface area contributed by atoms with Gasteiger partial charge >= 0.3 is 0 Å². The molecule has 120 valence electrons. The van der Waals surface area contributed by atoms with Gasteiger partial charge < -0.3 is 15.0 Å². The number of aromatic nitrogens is 1. The zero-order valence-electron chi connectivity index (χ0n) is 13.1. The predicted octanol–water partition coefficient (Wildman–Crippen LogP) is 3.48. The Balaban J connectivity index is 1.93. The van der Waals surface area contributed by atoms with E-state index >= 15 is 0 Å². The fourth-order valence-electron chi connectivity index (χ4n) is 2.90. The highest BCUT2D eigenvalue weighted by Crippen LogP contribution is 2.30. The standard InChI is InChI=1S/C18H20N2O2S/c1-2-20-16-6-4-3-5-14(16)15-11-13(7-8-17(15)20)19-18(22)12-23-10-9-21/h3-8,11,21H,2,9-10,12H2,1H3,(H,19,22). The molecule has 0 fully saturated rings. The number of rotatable bonds is 6. The molecule has 23 heavy (non-hydrogen) atoms. The maximum absolute atomic E-state index is 11.9. The molecule has 1 amide bonds. The molecule has 0 unspecified atom stereocenters. The molecular formula is C18H20N2O2S. The van der Waals surface area contributed by atoms with Gasteiger partial charge in [-0.25, -0.2) is 0 Å². The third-order valence-corrected chi connectivity index (χ3v) is 4.78. The van der Waals surface area contributed by atoms with Crippen molar-refractivity contribution in [3.05, 3.63) is 42.5 Å². The fraction of sp³-hybridized carbons (Fsp3) is 0.278. The highest BCUT2D eigenvalue weighted by Gasteiger charge is 2.10. The second-order valence-corrected chi connectivity index (χ2v) is 6.42. The van der Waals surface area contributed by atoms with Gasteiger partial charge in [-0.2, -0.15) is 0 Å². The third-order valence-electron chi connectivity index (χ3n) is 3.84.